The molecule has 0 aliphatic rings. The monoisotopic (exact) mass is 302 g/mol. The van der Waals surface area contributed by atoms with E-state index in [1.54, 1.807) is 18.2 Å². The minimum Gasteiger partial charge on any atom is -0.392 e. The van der Waals surface area contributed by atoms with Crippen LogP contribution in [0.15, 0.2) is 41.3 Å². The van der Waals surface area contributed by atoms with E-state index < -0.39 is 6.10 Å². The van der Waals surface area contributed by atoms with Gasteiger partial charge in [-0.25, -0.2) is 4.39 Å². The highest BCUT2D eigenvalue weighted by Gasteiger charge is 2.10. The third kappa shape index (κ3) is 3.99. The Bertz CT molecular complexity index is 515. The van der Waals surface area contributed by atoms with Crippen molar-refractivity contribution in [3.8, 4) is 0 Å². The first kappa shape index (κ1) is 13.9. The van der Waals surface area contributed by atoms with E-state index in [0.717, 1.165) is 9.21 Å². The molecule has 1 atom stereocenters. The van der Waals surface area contributed by atoms with E-state index in [1.165, 1.54) is 29.2 Å². The molecular formula is C13H12ClFOS2. The smallest absolute Gasteiger partial charge is 0.136 e. The highest BCUT2D eigenvalue weighted by atomic mass is 35.5. The van der Waals surface area contributed by atoms with Gasteiger partial charge in [0.05, 0.1) is 10.4 Å². The van der Waals surface area contributed by atoms with Crippen LogP contribution < -0.4 is 0 Å². The van der Waals surface area contributed by atoms with Gasteiger partial charge in [0.2, 0.25) is 0 Å². The summed E-state index contributed by atoms with van der Waals surface area (Å²) in [6.45, 7) is 0. The molecule has 0 radical (unpaired) electrons. The molecule has 1 unspecified atom stereocenters. The molecule has 0 aliphatic heterocycles. The fourth-order valence-corrected chi connectivity index (χ4v) is 3.53. The quantitative estimate of drug-likeness (QED) is 0.834. The number of benzene rings is 1. The second-order valence-electron chi connectivity index (χ2n) is 3.81. The van der Waals surface area contributed by atoms with Crippen molar-refractivity contribution in [1.29, 1.82) is 0 Å². The van der Waals surface area contributed by atoms with Gasteiger partial charge in [-0.3, -0.25) is 0 Å². The van der Waals surface area contributed by atoms with Gasteiger partial charge in [0.15, 0.2) is 0 Å². The molecule has 18 heavy (non-hydrogen) atoms. The normalized spacial score (nSPS) is 12.6. The maximum absolute atomic E-state index is 13.4. The standard InChI is InChI=1S/C13H12ClFOS2/c14-13-6-5-10(18-13)7-9(16)8-17-12-4-2-1-3-11(12)15/h1-6,9,16H,7-8H2. The van der Waals surface area contributed by atoms with Crippen molar-refractivity contribution < 1.29 is 9.50 Å². The zero-order valence-electron chi connectivity index (χ0n) is 9.48. The third-order valence-corrected chi connectivity index (χ3v) is 4.78. The molecule has 96 valence electrons. The summed E-state index contributed by atoms with van der Waals surface area (Å²) >= 11 is 8.61. The topological polar surface area (TPSA) is 20.2 Å². The summed E-state index contributed by atoms with van der Waals surface area (Å²) in [7, 11) is 0. The van der Waals surface area contributed by atoms with Crippen LogP contribution >= 0.6 is 34.7 Å². The highest BCUT2D eigenvalue weighted by molar-refractivity contribution is 7.99. The Kier molecular flexibility index (Phi) is 5.06. The van der Waals surface area contributed by atoms with Crippen molar-refractivity contribution in [2.45, 2.75) is 17.4 Å². The predicted molar refractivity (Wildman–Crippen MR) is 76.2 cm³/mol. The Hall–Kier alpha value is -0.550. The maximum Gasteiger partial charge on any atom is 0.136 e. The number of aliphatic hydroxyl groups is 1. The molecule has 1 heterocycles. The van der Waals surface area contributed by atoms with E-state index in [4.69, 9.17) is 11.6 Å². The molecule has 0 saturated carbocycles. The molecule has 0 spiro atoms. The SMILES string of the molecule is OC(CSc1ccccc1F)Cc1ccc(Cl)s1. The molecule has 1 N–H and O–H groups in total. The molecule has 0 aliphatic carbocycles. The van der Waals surface area contributed by atoms with Gasteiger partial charge in [-0.15, -0.1) is 23.1 Å². The molecule has 2 aromatic rings. The van der Waals surface area contributed by atoms with Crippen LogP contribution in [0, 0.1) is 5.82 Å². The van der Waals surface area contributed by atoms with Crippen molar-refractivity contribution in [2.75, 3.05) is 5.75 Å². The van der Waals surface area contributed by atoms with Crippen LogP contribution in [0.3, 0.4) is 0 Å². The minimum atomic E-state index is -0.496. The largest absolute Gasteiger partial charge is 0.392 e. The van der Waals surface area contributed by atoms with E-state index in [1.807, 2.05) is 12.1 Å². The van der Waals surface area contributed by atoms with Crippen molar-refractivity contribution >= 4 is 34.7 Å². The van der Waals surface area contributed by atoms with E-state index >= 15 is 0 Å². The van der Waals surface area contributed by atoms with Gasteiger partial charge in [-0.05, 0) is 24.3 Å². The van der Waals surface area contributed by atoms with E-state index in [9.17, 15) is 9.50 Å². The summed E-state index contributed by atoms with van der Waals surface area (Å²) in [5.74, 6) is 0.227. The van der Waals surface area contributed by atoms with Crippen LogP contribution in [0.1, 0.15) is 4.88 Å². The number of hydrogen-bond acceptors (Lipinski definition) is 3. The fraction of sp³-hybridized carbons (Fsp3) is 0.231. The molecule has 0 saturated heterocycles. The van der Waals surface area contributed by atoms with Crippen LogP contribution in [-0.4, -0.2) is 17.0 Å². The van der Waals surface area contributed by atoms with E-state index in [-0.39, 0.29) is 5.82 Å². The summed E-state index contributed by atoms with van der Waals surface area (Å²) in [4.78, 5) is 1.61. The lowest BCUT2D eigenvalue weighted by atomic mass is 10.2. The Balaban J connectivity index is 1.85. The molecule has 5 heteroatoms. The summed E-state index contributed by atoms with van der Waals surface area (Å²) in [5.41, 5.74) is 0. The van der Waals surface area contributed by atoms with Gasteiger partial charge >= 0.3 is 0 Å². The van der Waals surface area contributed by atoms with Gasteiger partial charge in [-0.1, -0.05) is 23.7 Å². The van der Waals surface area contributed by atoms with Crippen LogP contribution in [0.5, 0.6) is 0 Å². The zero-order valence-corrected chi connectivity index (χ0v) is 11.9. The molecule has 2 rings (SSSR count). The van der Waals surface area contributed by atoms with Gasteiger partial charge in [0.1, 0.15) is 5.82 Å². The zero-order chi connectivity index (χ0) is 13.0. The van der Waals surface area contributed by atoms with Crippen LogP contribution in [-0.2, 0) is 6.42 Å². The number of halogens is 2. The Labute approximate surface area is 119 Å². The summed E-state index contributed by atoms with van der Waals surface area (Å²) < 4.78 is 14.1. The predicted octanol–water partition coefficient (Wildman–Crippen LogP) is 4.24. The number of rotatable bonds is 5. The fourth-order valence-electron chi connectivity index (χ4n) is 1.50. The van der Waals surface area contributed by atoms with Crippen molar-refractivity contribution in [1.82, 2.24) is 0 Å². The molecule has 1 nitrogen and oxygen atoms in total. The Morgan fingerprint density at radius 1 is 1.28 bits per heavy atom. The lowest BCUT2D eigenvalue weighted by Gasteiger charge is -2.09. The number of thioether (sulfide) groups is 1. The Morgan fingerprint density at radius 2 is 2.06 bits per heavy atom. The number of thiophene rings is 1. The van der Waals surface area contributed by atoms with Gasteiger partial charge in [0.25, 0.3) is 0 Å². The van der Waals surface area contributed by atoms with Crippen molar-refractivity contribution in [2.24, 2.45) is 0 Å². The summed E-state index contributed by atoms with van der Waals surface area (Å²) in [6, 6.07) is 10.3. The molecule has 0 fully saturated rings. The van der Waals surface area contributed by atoms with Crippen LogP contribution in [0.4, 0.5) is 4.39 Å². The van der Waals surface area contributed by atoms with Gasteiger partial charge in [0, 0.05) is 21.9 Å². The van der Waals surface area contributed by atoms with Crippen LogP contribution in [0.2, 0.25) is 4.34 Å². The van der Waals surface area contributed by atoms with Gasteiger partial charge in [-0.2, -0.15) is 0 Å². The lowest BCUT2D eigenvalue weighted by Crippen LogP contribution is -2.12. The molecule has 0 amide bonds. The van der Waals surface area contributed by atoms with E-state index in [0.29, 0.717) is 17.1 Å². The maximum atomic E-state index is 13.4. The second kappa shape index (κ2) is 6.57. The summed E-state index contributed by atoms with van der Waals surface area (Å²) in [6.07, 6.45) is 0.0584. The lowest BCUT2D eigenvalue weighted by molar-refractivity contribution is 0.201. The third-order valence-electron chi connectivity index (χ3n) is 2.33. The van der Waals surface area contributed by atoms with E-state index in [2.05, 4.69) is 0 Å². The van der Waals surface area contributed by atoms with Crippen molar-refractivity contribution in [3.63, 3.8) is 0 Å². The van der Waals surface area contributed by atoms with Crippen molar-refractivity contribution in [3.05, 3.63) is 51.4 Å². The number of aliphatic hydroxyl groups excluding tert-OH is 1. The van der Waals surface area contributed by atoms with Crippen LogP contribution in [0.25, 0.3) is 0 Å². The first-order chi connectivity index (χ1) is 8.65. The summed E-state index contributed by atoms with van der Waals surface area (Å²) in [5, 5.41) is 9.88. The minimum absolute atomic E-state index is 0.242. The molecule has 1 aromatic heterocycles. The molecule has 1 aromatic carbocycles. The Morgan fingerprint density at radius 3 is 2.72 bits per heavy atom. The average molecular weight is 303 g/mol. The molecular weight excluding hydrogens is 291 g/mol. The second-order valence-corrected chi connectivity index (χ2v) is 6.67. The first-order valence-electron chi connectivity index (χ1n) is 5.45. The average Bonchev–Trinajstić information content (AvgIpc) is 2.74. The first-order valence-corrected chi connectivity index (χ1v) is 7.63. The van der Waals surface area contributed by atoms with Gasteiger partial charge < -0.3 is 5.11 Å². The highest BCUT2D eigenvalue weighted by Crippen LogP contribution is 2.25. The molecule has 0 bridgehead atoms. The number of hydrogen-bond donors (Lipinski definition) is 1.